The van der Waals surface area contributed by atoms with Crippen LogP contribution >= 0.6 is 55.1 Å². The Morgan fingerprint density at radius 2 is 1.74 bits per heavy atom. The SMILES string of the molecule is Clc1cc(Cl)c(OCc2ccc(Br)cc2)c(CBr)c1. The van der Waals surface area contributed by atoms with E-state index in [0.29, 0.717) is 27.7 Å². The number of rotatable bonds is 4. The monoisotopic (exact) mass is 422 g/mol. The molecular formula is C14H10Br2Cl2O. The van der Waals surface area contributed by atoms with E-state index in [1.807, 2.05) is 30.3 Å². The lowest BCUT2D eigenvalue weighted by molar-refractivity contribution is 0.304. The average molecular weight is 425 g/mol. The summed E-state index contributed by atoms with van der Waals surface area (Å²) in [6, 6.07) is 11.5. The first kappa shape index (κ1) is 15.2. The standard InChI is InChI=1S/C14H10Br2Cl2O/c15-7-10-5-12(17)6-13(18)14(10)19-8-9-1-3-11(16)4-2-9/h1-6H,7-8H2. The number of alkyl halides is 1. The zero-order valence-corrected chi connectivity index (χ0v) is 14.5. The number of hydrogen-bond acceptors (Lipinski definition) is 1. The normalized spacial score (nSPS) is 10.5. The van der Waals surface area contributed by atoms with E-state index in [-0.39, 0.29) is 0 Å². The summed E-state index contributed by atoms with van der Waals surface area (Å²) < 4.78 is 6.85. The first-order valence-corrected chi connectivity index (χ1v) is 8.18. The van der Waals surface area contributed by atoms with Gasteiger partial charge in [0.2, 0.25) is 0 Å². The third-order valence-corrected chi connectivity index (χ3v) is 4.16. The van der Waals surface area contributed by atoms with Crippen molar-refractivity contribution in [2.24, 2.45) is 0 Å². The van der Waals surface area contributed by atoms with E-state index in [1.54, 1.807) is 6.07 Å². The largest absolute Gasteiger partial charge is 0.487 e. The van der Waals surface area contributed by atoms with Gasteiger partial charge < -0.3 is 4.74 Å². The molecule has 0 unspecified atom stereocenters. The van der Waals surface area contributed by atoms with Crippen molar-refractivity contribution in [2.75, 3.05) is 0 Å². The van der Waals surface area contributed by atoms with Gasteiger partial charge in [-0.15, -0.1) is 0 Å². The molecule has 2 aromatic rings. The summed E-state index contributed by atoms with van der Waals surface area (Å²) in [5, 5.41) is 1.78. The molecule has 0 aliphatic carbocycles. The molecule has 0 aliphatic heterocycles. The van der Waals surface area contributed by atoms with Crippen molar-refractivity contribution in [2.45, 2.75) is 11.9 Å². The lowest BCUT2D eigenvalue weighted by atomic mass is 10.2. The van der Waals surface area contributed by atoms with Gasteiger partial charge in [-0.2, -0.15) is 0 Å². The maximum Gasteiger partial charge on any atom is 0.142 e. The maximum atomic E-state index is 6.17. The van der Waals surface area contributed by atoms with Crippen molar-refractivity contribution < 1.29 is 4.74 Å². The molecular weight excluding hydrogens is 415 g/mol. The molecule has 0 N–H and O–H groups in total. The van der Waals surface area contributed by atoms with Crippen molar-refractivity contribution in [3.8, 4) is 5.75 Å². The van der Waals surface area contributed by atoms with Gasteiger partial charge in [0.1, 0.15) is 12.4 Å². The molecule has 0 aliphatic rings. The third-order valence-electron chi connectivity index (χ3n) is 2.53. The van der Waals surface area contributed by atoms with Gasteiger partial charge in [0.15, 0.2) is 0 Å². The summed E-state index contributed by atoms with van der Waals surface area (Å²) in [5.41, 5.74) is 2.02. The lowest BCUT2D eigenvalue weighted by Crippen LogP contribution is -1.98. The minimum Gasteiger partial charge on any atom is -0.487 e. The van der Waals surface area contributed by atoms with Crippen molar-refractivity contribution in [1.29, 1.82) is 0 Å². The Hall–Kier alpha value is -0.220. The Kier molecular flexibility index (Phi) is 5.58. The van der Waals surface area contributed by atoms with Crippen molar-refractivity contribution >= 4 is 55.1 Å². The highest BCUT2D eigenvalue weighted by atomic mass is 79.9. The molecule has 2 aromatic carbocycles. The van der Waals surface area contributed by atoms with E-state index in [1.165, 1.54) is 0 Å². The number of hydrogen-bond donors (Lipinski definition) is 0. The Balaban J connectivity index is 2.17. The smallest absolute Gasteiger partial charge is 0.142 e. The summed E-state index contributed by atoms with van der Waals surface area (Å²) in [4.78, 5) is 0. The molecule has 2 rings (SSSR count). The van der Waals surface area contributed by atoms with E-state index >= 15 is 0 Å². The molecule has 0 atom stereocenters. The molecule has 1 nitrogen and oxygen atoms in total. The van der Waals surface area contributed by atoms with Gasteiger partial charge >= 0.3 is 0 Å². The van der Waals surface area contributed by atoms with Crippen LogP contribution in [0.4, 0.5) is 0 Å². The van der Waals surface area contributed by atoms with Crippen LogP contribution in [0.2, 0.25) is 10.0 Å². The third kappa shape index (κ3) is 4.12. The van der Waals surface area contributed by atoms with Crippen LogP contribution in [0, 0.1) is 0 Å². The molecule has 0 heterocycles. The van der Waals surface area contributed by atoms with Crippen LogP contribution < -0.4 is 4.74 Å². The topological polar surface area (TPSA) is 9.23 Å². The summed E-state index contributed by atoms with van der Waals surface area (Å²) >= 11 is 18.9. The average Bonchev–Trinajstić information content (AvgIpc) is 2.39. The van der Waals surface area contributed by atoms with Crippen LogP contribution in [0.15, 0.2) is 40.9 Å². The van der Waals surface area contributed by atoms with Crippen molar-refractivity contribution in [3.63, 3.8) is 0 Å². The minimum atomic E-state index is 0.467. The van der Waals surface area contributed by atoms with Crippen LogP contribution in [0.25, 0.3) is 0 Å². The van der Waals surface area contributed by atoms with Crippen LogP contribution in [-0.2, 0) is 11.9 Å². The van der Waals surface area contributed by atoms with Gasteiger partial charge in [-0.3, -0.25) is 0 Å². The van der Waals surface area contributed by atoms with E-state index in [4.69, 9.17) is 27.9 Å². The summed E-state index contributed by atoms with van der Waals surface area (Å²) in [6.45, 7) is 0.467. The van der Waals surface area contributed by atoms with Gasteiger partial charge in [0, 0.05) is 20.4 Å². The summed E-state index contributed by atoms with van der Waals surface area (Å²) in [7, 11) is 0. The Labute approximate surface area is 139 Å². The molecule has 19 heavy (non-hydrogen) atoms. The Bertz CT molecular complexity index is 570. The van der Waals surface area contributed by atoms with Gasteiger partial charge in [0.25, 0.3) is 0 Å². The van der Waals surface area contributed by atoms with E-state index in [0.717, 1.165) is 15.6 Å². The Morgan fingerprint density at radius 3 is 2.37 bits per heavy atom. The second-order valence-corrected chi connectivity index (χ2v) is 6.24. The van der Waals surface area contributed by atoms with Crippen LogP contribution in [0.5, 0.6) is 5.75 Å². The van der Waals surface area contributed by atoms with Gasteiger partial charge in [-0.05, 0) is 29.8 Å². The minimum absolute atomic E-state index is 0.467. The Morgan fingerprint density at radius 1 is 1.05 bits per heavy atom. The summed E-state index contributed by atoms with van der Waals surface area (Å²) in [6.07, 6.45) is 0. The number of halogens is 4. The van der Waals surface area contributed by atoms with Crippen LogP contribution in [0.3, 0.4) is 0 Å². The lowest BCUT2D eigenvalue weighted by Gasteiger charge is -2.12. The first-order chi connectivity index (χ1) is 9.10. The zero-order valence-electron chi connectivity index (χ0n) is 9.80. The highest BCUT2D eigenvalue weighted by Gasteiger charge is 2.10. The molecule has 100 valence electrons. The first-order valence-electron chi connectivity index (χ1n) is 5.51. The fourth-order valence-electron chi connectivity index (χ4n) is 1.61. The number of ether oxygens (including phenoxy) is 1. The molecule has 0 aromatic heterocycles. The predicted octanol–water partition coefficient (Wildman–Crippen LogP) is 6.23. The van der Waals surface area contributed by atoms with Crippen molar-refractivity contribution in [1.82, 2.24) is 0 Å². The predicted molar refractivity (Wildman–Crippen MR) is 87.6 cm³/mol. The molecule has 0 radical (unpaired) electrons. The molecule has 0 bridgehead atoms. The van der Waals surface area contributed by atoms with Gasteiger partial charge in [-0.25, -0.2) is 0 Å². The molecule has 0 saturated carbocycles. The quantitative estimate of drug-likeness (QED) is 0.528. The summed E-state index contributed by atoms with van der Waals surface area (Å²) in [5.74, 6) is 0.672. The van der Waals surface area contributed by atoms with Gasteiger partial charge in [0.05, 0.1) is 5.02 Å². The molecule has 0 amide bonds. The van der Waals surface area contributed by atoms with Gasteiger partial charge in [-0.1, -0.05) is 67.2 Å². The highest BCUT2D eigenvalue weighted by Crippen LogP contribution is 2.34. The van der Waals surface area contributed by atoms with E-state index in [9.17, 15) is 0 Å². The second-order valence-electron chi connectivity index (χ2n) is 3.92. The maximum absolute atomic E-state index is 6.17. The van der Waals surface area contributed by atoms with Crippen molar-refractivity contribution in [3.05, 3.63) is 62.0 Å². The molecule has 0 spiro atoms. The van der Waals surface area contributed by atoms with E-state index < -0.39 is 0 Å². The van der Waals surface area contributed by atoms with Crippen LogP contribution in [0.1, 0.15) is 11.1 Å². The molecule has 5 heteroatoms. The van der Waals surface area contributed by atoms with Crippen LogP contribution in [-0.4, -0.2) is 0 Å². The molecule has 0 fully saturated rings. The zero-order chi connectivity index (χ0) is 13.8. The second kappa shape index (κ2) is 6.98. The highest BCUT2D eigenvalue weighted by molar-refractivity contribution is 9.10. The van der Waals surface area contributed by atoms with E-state index in [2.05, 4.69) is 31.9 Å². The fourth-order valence-corrected chi connectivity index (χ4v) is 2.88. The number of benzene rings is 2. The fraction of sp³-hybridized carbons (Fsp3) is 0.143. The molecule has 0 saturated heterocycles.